The molecule has 2 amide bonds. The van der Waals surface area contributed by atoms with Crippen LogP contribution >= 0.6 is 0 Å². The fraction of sp³-hybridized carbons (Fsp3) is 0.450. The second kappa shape index (κ2) is 7.13. The molecule has 4 rings (SSSR count). The standard InChI is InChI=1S/C20H23FN4O2/c1-13-6-7-17(16(21)10-13)24-12-14(11-19(24)26)20(27)23-18-8-9-22-25(18)15-4-2-3-5-15/h6-10,14-15H,2-5,11-12H2,1H3,(H,23,27). The molecule has 0 radical (unpaired) electrons. The van der Waals surface area contributed by atoms with Crippen LogP contribution in [0, 0.1) is 18.7 Å². The van der Waals surface area contributed by atoms with Crippen molar-refractivity contribution < 1.29 is 14.0 Å². The van der Waals surface area contributed by atoms with Crippen molar-refractivity contribution in [3.05, 3.63) is 41.8 Å². The normalized spacial score (nSPS) is 20.4. The predicted octanol–water partition coefficient (Wildman–Crippen LogP) is 3.44. The van der Waals surface area contributed by atoms with Crippen molar-refractivity contribution in [2.75, 3.05) is 16.8 Å². The van der Waals surface area contributed by atoms with Crippen molar-refractivity contribution in [2.45, 2.75) is 45.1 Å². The van der Waals surface area contributed by atoms with E-state index in [4.69, 9.17) is 0 Å². The van der Waals surface area contributed by atoms with Gasteiger partial charge in [-0.15, -0.1) is 0 Å². The zero-order valence-electron chi connectivity index (χ0n) is 15.3. The number of aryl methyl sites for hydroxylation is 1. The number of nitrogens with zero attached hydrogens (tertiary/aromatic N) is 3. The lowest BCUT2D eigenvalue weighted by molar-refractivity contribution is -0.122. The zero-order chi connectivity index (χ0) is 19.0. The van der Waals surface area contributed by atoms with E-state index in [-0.39, 0.29) is 30.5 Å². The van der Waals surface area contributed by atoms with Gasteiger partial charge in [-0.2, -0.15) is 5.10 Å². The minimum atomic E-state index is -0.509. The van der Waals surface area contributed by atoms with Gasteiger partial charge in [0, 0.05) is 19.0 Å². The third kappa shape index (κ3) is 3.46. The Bertz CT molecular complexity index is 873. The molecule has 142 valence electrons. The van der Waals surface area contributed by atoms with E-state index in [2.05, 4.69) is 10.4 Å². The van der Waals surface area contributed by atoms with Crippen LogP contribution in [0.15, 0.2) is 30.5 Å². The number of hydrogen-bond acceptors (Lipinski definition) is 3. The summed E-state index contributed by atoms with van der Waals surface area (Å²) in [6.07, 6.45) is 6.23. The molecule has 1 N–H and O–H groups in total. The molecule has 1 atom stereocenters. The summed E-state index contributed by atoms with van der Waals surface area (Å²) in [7, 11) is 0. The summed E-state index contributed by atoms with van der Waals surface area (Å²) in [6, 6.07) is 6.86. The molecule has 7 heteroatoms. The van der Waals surface area contributed by atoms with Gasteiger partial charge in [0.25, 0.3) is 0 Å². The molecule has 27 heavy (non-hydrogen) atoms. The molecule has 1 aliphatic carbocycles. The molecule has 0 spiro atoms. The fourth-order valence-electron chi connectivity index (χ4n) is 4.03. The molecule has 0 bridgehead atoms. The molecule has 1 aromatic carbocycles. The third-order valence-electron chi connectivity index (χ3n) is 5.48. The number of nitrogens with one attached hydrogen (secondary N) is 1. The summed E-state index contributed by atoms with van der Waals surface area (Å²) in [4.78, 5) is 26.5. The van der Waals surface area contributed by atoms with Crippen LogP contribution in [0.4, 0.5) is 15.9 Å². The van der Waals surface area contributed by atoms with Crippen molar-refractivity contribution in [3.63, 3.8) is 0 Å². The Morgan fingerprint density at radius 3 is 2.78 bits per heavy atom. The first-order chi connectivity index (χ1) is 13.0. The van der Waals surface area contributed by atoms with E-state index in [9.17, 15) is 14.0 Å². The SMILES string of the molecule is Cc1ccc(N2CC(C(=O)Nc3ccnn3C3CCCC3)CC2=O)c(F)c1. The van der Waals surface area contributed by atoms with Crippen molar-refractivity contribution in [2.24, 2.45) is 5.92 Å². The van der Waals surface area contributed by atoms with Gasteiger partial charge in [-0.1, -0.05) is 18.9 Å². The largest absolute Gasteiger partial charge is 0.311 e. The lowest BCUT2D eigenvalue weighted by atomic mass is 10.1. The van der Waals surface area contributed by atoms with Gasteiger partial charge < -0.3 is 10.2 Å². The average Bonchev–Trinajstić information content (AvgIpc) is 3.35. The number of hydrogen-bond donors (Lipinski definition) is 1. The highest BCUT2D eigenvalue weighted by atomic mass is 19.1. The number of anilines is 2. The second-order valence-corrected chi connectivity index (χ2v) is 7.45. The summed E-state index contributed by atoms with van der Waals surface area (Å²) in [5, 5.41) is 7.26. The first-order valence-electron chi connectivity index (χ1n) is 9.44. The molecular weight excluding hydrogens is 347 g/mol. The molecule has 1 unspecified atom stereocenters. The van der Waals surface area contributed by atoms with Crippen LogP contribution in [-0.2, 0) is 9.59 Å². The van der Waals surface area contributed by atoms with E-state index >= 15 is 0 Å². The Hall–Kier alpha value is -2.70. The van der Waals surface area contributed by atoms with E-state index in [0.717, 1.165) is 18.4 Å². The number of halogens is 1. The summed E-state index contributed by atoms with van der Waals surface area (Å²) in [6.45, 7) is 1.98. The van der Waals surface area contributed by atoms with Crippen LogP contribution in [0.1, 0.15) is 43.7 Å². The first-order valence-corrected chi connectivity index (χ1v) is 9.44. The van der Waals surface area contributed by atoms with Crippen LogP contribution < -0.4 is 10.2 Å². The van der Waals surface area contributed by atoms with Crippen LogP contribution in [0.2, 0.25) is 0 Å². The van der Waals surface area contributed by atoms with E-state index < -0.39 is 11.7 Å². The van der Waals surface area contributed by atoms with E-state index in [1.54, 1.807) is 31.3 Å². The highest BCUT2D eigenvalue weighted by Crippen LogP contribution is 2.32. The highest BCUT2D eigenvalue weighted by Gasteiger charge is 2.36. The quantitative estimate of drug-likeness (QED) is 0.896. The Labute approximate surface area is 157 Å². The summed E-state index contributed by atoms with van der Waals surface area (Å²) in [5.41, 5.74) is 1.02. The Kier molecular flexibility index (Phi) is 4.68. The monoisotopic (exact) mass is 370 g/mol. The maximum atomic E-state index is 14.2. The van der Waals surface area contributed by atoms with E-state index in [1.165, 1.54) is 23.8 Å². The number of rotatable bonds is 4. The number of carbonyl (C=O) groups is 2. The third-order valence-corrected chi connectivity index (χ3v) is 5.48. The number of benzene rings is 1. The molecule has 2 aliphatic rings. The summed E-state index contributed by atoms with van der Waals surface area (Å²) >= 11 is 0. The molecule has 1 aliphatic heterocycles. The lowest BCUT2D eigenvalue weighted by Gasteiger charge is -2.18. The predicted molar refractivity (Wildman–Crippen MR) is 100.0 cm³/mol. The zero-order valence-corrected chi connectivity index (χ0v) is 15.3. The maximum Gasteiger partial charge on any atom is 0.230 e. The van der Waals surface area contributed by atoms with Gasteiger partial charge in [-0.05, 0) is 37.5 Å². The van der Waals surface area contributed by atoms with Gasteiger partial charge in [-0.3, -0.25) is 9.59 Å². The van der Waals surface area contributed by atoms with Gasteiger partial charge in [0.1, 0.15) is 11.6 Å². The van der Waals surface area contributed by atoms with Crippen LogP contribution in [-0.4, -0.2) is 28.1 Å². The fourth-order valence-corrected chi connectivity index (χ4v) is 4.03. The molecule has 1 saturated heterocycles. The molecule has 2 heterocycles. The Morgan fingerprint density at radius 1 is 1.26 bits per heavy atom. The van der Waals surface area contributed by atoms with E-state index in [1.807, 2.05) is 4.68 Å². The molecule has 1 saturated carbocycles. The van der Waals surface area contributed by atoms with Crippen LogP contribution in [0.5, 0.6) is 0 Å². The van der Waals surface area contributed by atoms with Crippen LogP contribution in [0.25, 0.3) is 0 Å². The van der Waals surface area contributed by atoms with Gasteiger partial charge in [-0.25, -0.2) is 9.07 Å². The highest BCUT2D eigenvalue weighted by molar-refractivity contribution is 6.03. The second-order valence-electron chi connectivity index (χ2n) is 7.45. The van der Waals surface area contributed by atoms with Crippen molar-refractivity contribution in [3.8, 4) is 0 Å². The van der Waals surface area contributed by atoms with Crippen molar-refractivity contribution in [1.29, 1.82) is 0 Å². The van der Waals surface area contributed by atoms with Gasteiger partial charge >= 0.3 is 0 Å². The minimum Gasteiger partial charge on any atom is -0.311 e. The topological polar surface area (TPSA) is 67.2 Å². The first kappa shape index (κ1) is 17.7. The Morgan fingerprint density at radius 2 is 2.04 bits per heavy atom. The molecule has 2 fully saturated rings. The van der Waals surface area contributed by atoms with Crippen molar-refractivity contribution >= 4 is 23.3 Å². The summed E-state index contributed by atoms with van der Waals surface area (Å²) in [5.74, 6) is -0.742. The van der Waals surface area contributed by atoms with Crippen molar-refractivity contribution in [1.82, 2.24) is 9.78 Å². The minimum absolute atomic E-state index is 0.0801. The number of aromatic nitrogens is 2. The molecule has 6 nitrogen and oxygen atoms in total. The maximum absolute atomic E-state index is 14.2. The van der Waals surface area contributed by atoms with Gasteiger partial charge in [0.15, 0.2) is 0 Å². The molecule has 2 aromatic rings. The summed E-state index contributed by atoms with van der Waals surface area (Å²) < 4.78 is 16.1. The van der Waals surface area contributed by atoms with E-state index in [0.29, 0.717) is 11.9 Å². The van der Waals surface area contributed by atoms with Gasteiger partial charge in [0.05, 0.1) is 23.8 Å². The Balaban J connectivity index is 1.46. The number of amides is 2. The smallest absolute Gasteiger partial charge is 0.230 e. The molecule has 1 aromatic heterocycles. The average molecular weight is 370 g/mol. The van der Waals surface area contributed by atoms with Crippen LogP contribution in [0.3, 0.4) is 0 Å². The molecular formula is C20H23FN4O2. The van der Waals surface area contributed by atoms with Gasteiger partial charge in [0.2, 0.25) is 11.8 Å². The number of carbonyl (C=O) groups excluding carboxylic acids is 2. The lowest BCUT2D eigenvalue weighted by Crippen LogP contribution is -2.29.